The molecule has 1 fully saturated rings. The van der Waals surface area contributed by atoms with Gasteiger partial charge in [0.15, 0.2) is 0 Å². The summed E-state index contributed by atoms with van der Waals surface area (Å²) in [6.07, 6.45) is 3.98. The van der Waals surface area contributed by atoms with Crippen molar-refractivity contribution in [3.05, 3.63) is 95.3 Å². The van der Waals surface area contributed by atoms with E-state index in [0.29, 0.717) is 13.0 Å². The second-order valence-electron chi connectivity index (χ2n) is 9.15. The Morgan fingerprint density at radius 1 is 0.970 bits per heavy atom. The lowest BCUT2D eigenvalue weighted by Crippen LogP contribution is -2.24. The number of carbonyl (C=O) groups is 1. The van der Waals surface area contributed by atoms with E-state index in [1.54, 1.807) is 0 Å². The van der Waals surface area contributed by atoms with Crippen LogP contribution < -0.4 is 4.90 Å². The molecule has 168 valence electrons. The van der Waals surface area contributed by atoms with Crippen molar-refractivity contribution in [2.45, 2.75) is 52.0 Å². The summed E-state index contributed by atoms with van der Waals surface area (Å²) in [6.45, 7) is 5.80. The Kier molecular flexibility index (Phi) is 5.99. The van der Waals surface area contributed by atoms with Crippen LogP contribution in [-0.2, 0) is 17.8 Å². The minimum atomic E-state index is 0.0775. The Morgan fingerprint density at radius 3 is 2.52 bits per heavy atom. The number of aryl methyl sites for hydroxylation is 2. The van der Waals surface area contributed by atoms with Gasteiger partial charge in [-0.15, -0.1) is 0 Å². The zero-order valence-corrected chi connectivity index (χ0v) is 19.5. The van der Waals surface area contributed by atoms with Gasteiger partial charge in [0.1, 0.15) is 5.82 Å². The van der Waals surface area contributed by atoms with Crippen molar-refractivity contribution in [2.75, 3.05) is 11.4 Å². The second-order valence-corrected chi connectivity index (χ2v) is 9.15. The van der Waals surface area contributed by atoms with Crippen LogP contribution in [0, 0.1) is 6.92 Å². The summed E-state index contributed by atoms with van der Waals surface area (Å²) in [5.74, 6) is 1.26. The van der Waals surface area contributed by atoms with Gasteiger partial charge in [0, 0.05) is 31.1 Å². The topological polar surface area (TPSA) is 38.1 Å². The van der Waals surface area contributed by atoms with Crippen LogP contribution in [0.3, 0.4) is 0 Å². The van der Waals surface area contributed by atoms with Gasteiger partial charge in [-0.25, -0.2) is 4.98 Å². The first-order valence-corrected chi connectivity index (χ1v) is 12.0. The SMILES string of the molecule is CCCCc1ccc(N2CC(c3nc4ccccc4n3Cc3ccccc3C)CC2=O)cc1. The Bertz CT molecular complexity index is 1270. The lowest BCUT2D eigenvalue weighted by Gasteiger charge is -2.18. The largest absolute Gasteiger partial charge is 0.323 e. The summed E-state index contributed by atoms with van der Waals surface area (Å²) >= 11 is 0. The predicted molar refractivity (Wildman–Crippen MR) is 135 cm³/mol. The first kappa shape index (κ1) is 21.4. The van der Waals surface area contributed by atoms with E-state index >= 15 is 0 Å². The monoisotopic (exact) mass is 437 g/mol. The Hall–Kier alpha value is -3.40. The summed E-state index contributed by atoms with van der Waals surface area (Å²) in [7, 11) is 0. The fourth-order valence-corrected chi connectivity index (χ4v) is 4.88. The highest BCUT2D eigenvalue weighted by Crippen LogP contribution is 2.34. The number of benzene rings is 3. The van der Waals surface area contributed by atoms with E-state index in [9.17, 15) is 4.79 Å². The summed E-state index contributed by atoms with van der Waals surface area (Å²) in [5.41, 5.74) is 7.00. The normalized spacial score (nSPS) is 16.1. The van der Waals surface area contributed by atoms with Gasteiger partial charge in [0.25, 0.3) is 0 Å². The number of para-hydroxylation sites is 2. The predicted octanol–water partition coefficient (Wildman–Crippen LogP) is 6.26. The maximum absolute atomic E-state index is 13.0. The summed E-state index contributed by atoms with van der Waals surface area (Å²) in [5, 5.41) is 0. The van der Waals surface area contributed by atoms with Crippen LogP contribution in [0.2, 0.25) is 0 Å². The molecule has 3 aromatic carbocycles. The quantitative estimate of drug-likeness (QED) is 0.342. The number of aromatic nitrogens is 2. The second kappa shape index (κ2) is 9.22. The molecule has 33 heavy (non-hydrogen) atoms. The number of imidazole rings is 1. The summed E-state index contributed by atoms with van der Waals surface area (Å²) < 4.78 is 2.31. The molecule has 1 aliphatic rings. The fraction of sp³-hybridized carbons (Fsp3) is 0.310. The van der Waals surface area contributed by atoms with Crippen LogP contribution >= 0.6 is 0 Å². The molecule has 0 N–H and O–H groups in total. The molecule has 1 aliphatic heterocycles. The molecule has 1 atom stereocenters. The fourth-order valence-electron chi connectivity index (χ4n) is 4.88. The van der Waals surface area contributed by atoms with Crippen LogP contribution in [0.5, 0.6) is 0 Å². The highest BCUT2D eigenvalue weighted by Gasteiger charge is 2.34. The molecule has 1 aromatic heterocycles. The summed E-state index contributed by atoms with van der Waals surface area (Å²) in [6, 6.07) is 25.3. The van der Waals surface area contributed by atoms with Crippen LogP contribution in [0.15, 0.2) is 72.8 Å². The number of hydrogen-bond donors (Lipinski definition) is 0. The standard InChI is InChI=1S/C29H31N3O/c1-3-4-10-22-14-16-25(17-15-22)31-20-24(18-28(31)33)29-30-26-12-7-8-13-27(26)32(29)19-23-11-6-5-9-21(23)2/h5-9,11-17,24H,3-4,10,18-20H2,1-2H3. The molecule has 1 saturated heterocycles. The van der Waals surface area contributed by atoms with Gasteiger partial charge >= 0.3 is 0 Å². The molecule has 0 bridgehead atoms. The van der Waals surface area contributed by atoms with Crippen molar-refractivity contribution in [3.8, 4) is 0 Å². The maximum Gasteiger partial charge on any atom is 0.227 e. The molecule has 4 heteroatoms. The minimum Gasteiger partial charge on any atom is -0.323 e. The van der Waals surface area contributed by atoms with Crippen molar-refractivity contribution in [1.29, 1.82) is 0 Å². The molecule has 0 aliphatic carbocycles. The lowest BCUT2D eigenvalue weighted by molar-refractivity contribution is -0.117. The van der Waals surface area contributed by atoms with E-state index < -0.39 is 0 Å². The third kappa shape index (κ3) is 4.30. The molecule has 0 radical (unpaired) electrons. The number of rotatable bonds is 7. The van der Waals surface area contributed by atoms with Gasteiger partial charge in [-0.3, -0.25) is 4.79 Å². The summed E-state index contributed by atoms with van der Waals surface area (Å²) in [4.78, 5) is 20.0. The average molecular weight is 438 g/mol. The lowest BCUT2D eigenvalue weighted by atomic mass is 10.1. The molecule has 5 rings (SSSR count). The van der Waals surface area contributed by atoms with E-state index in [0.717, 1.165) is 35.5 Å². The minimum absolute atomic E-state index is 0.0775. The van der Waals surface area contributed by atoms with Crippen molar-refractivity contribution in [1.82, 2.24) is 9.55 Å². The number of unbranched alkanes of at least 4 members (excludes halogenated alkanes) is 1. The highest BCUT2D eigenvalue weighted by atomic mass is 16.2. The van der Waals surface area contributed by atoms with Gasteiger partial charge in [0.2, 0.25) is 5.91 Å². The van der Waals surface area contributed by atoms with Crippen LogP contribution in [0.4, 0.5) is 5.69 Å². The van der Waals surface area contributed by atoms with Crippen molar-refractivity contribution < 1.29 is 4.79 Å². The van der Waals surface area contributed by atoms with E-state index in [-0.39, 0.29) is 11.8 Å². The van der Waals surface area contributed by atoms with Gasteiger partial charge in [0.05, 0.1) is 11.0 Å². The van der Waals surface area contributed by atoms with Crippen molar-refractivity contribution >= 4 is 22.6 Å². The smallest absolute Gasteiger partial charge is 0.227 e. The molecule has 1 unspecified atom stereocenters. The van der Waals surface area contributed by atoms with Crippen LogP contribution in [0.1, 0.15) is 54.6 Å². The molecule has 1 amide bonds. The molecule has 2 heterocycles. The maximum atomic E-state index is 13.0. The Balaban J connectivity index is 1.45. The Labute approximate surface area is 195 Å². The Morgan fingerprint density at radius 2 is 1.73 bits per heavy atom. The van der Waals surface area contributed by atoms with E-state index in [4.69, 9.17) is 4.98 Å². The molecule has 4 nitrogen and oxygen atoms in total. The van der Waals surface area contributed by atoms with Gasteiger partial charge in [-0.05, 0) is 60.7 Å². The number of hydrogen-bond acceptors (Lipinski definition) is 2. The van der Waals surface area contributed by atoms with E-state index in [1.807, 2.05) is 11.0 Å². The number of carbonyl (C=O) groups excluding carboxylic acids is 1. The number of amides is 1. The highest BCUT2D eigenvalue weighted by molar-refractivity contribution is 5.96. The van der Waals surface area contributed by atoms with E-state index in [1.165, 1.54) is 29.5 Å². The van der Waals surface area contributed by atoms with Crippen molar-refractivity contribution in [3.63, 3.8) is 0 Å². The van der Waals surface area contributed by atoms with Crippen LogP contribution in [0.25, 0.3) is 11.0 Å². The third-order valence-electron chi connectivity index (χ3n) is 6.83. The molecule has 0 saturated carbocycles. The first-order chi connectivity index (χ1) is 16.1. The number of anilines is 1. The van der Waals surface area contributed by atoms with Crippen LogP contribution in [-0.4, -0.2) is 22.0 Å². The molecular formula is C29H31N3O. The van der Waals surface area contributed by atoms with Gasteiger partial charge in [-0.1, -0.05) is 61.9 Å². The number of nitrogens with zero attached hydrogens (tertiary/aromatic N) is 3. The molecular weight excluding hydrogens is 406 g/mol. The van der Waals surface area contributed by atoms with E-state index in [2.05, 4.69) is 85.1 Å². The average Bonchev–Trinajstić information content (AvgIpc) is 3.40. The third-order valence-corrected chi connectivity index (χ3v) is 6.83. The zero-order chi connectivity index (χ0) is 22.8. The van der Waals surface area contributed by atoms with Gasteiger partial charge in [-0.2, -0.15) is 0 Å². The first-order valence-electron chi connectivity index (χ1n) is 12.0. The van der Waals surface area contributed by atoms with Crippen molar-refractivity contribution in [2.24, 2.45) is 0 Å². The zero-order valence-electron chi connectivity index (χ0n) is 19.5. The number of fused-ring (bicyclic) bond motifs is 1. The molecule has 4 aromatic rings. The van der Waals surface area contributed by atoms with Gasteiger partial charge < -0.3 is 9.47 Å². The molecule has 0 spiro atoms.